The van der Waals surface area contributed by atoms with Crippen molar-refractivity contribution >= 4 is 7.85 Å². The Bertz CT molecular complexity index is 421. The van der Waals surface area contributed by atoms with Gasteiger partial charge in [-0.2, -0.15) is 0 Å². The van der Waals surface area contributed by atoms with Gasteiger partial charge in [0, 0.05) is 17.7 Å². The molecule has 0 spiro atoms. The zero-order chi connectivity index (χ0) is 14.0. The lowest BCUT2D eigenvalue weighted by Crippen LogP contribution is -2.11. The highest BCUT2D eigenvalue weighted by Crippen LogP contribution is 2.29. The molecule has 2 nitrogen and oxygen atoms in total. The van der Waals surface area contributed by atoms with Crippen LogP contribution in [0.5, 0.6) is 0 Å². The van der Waals surface area contributed by atoms with Crippen LogP contribution < -0.4 is 0 Å². The van der Waals surface area contributed by atoms with Gasteiger partial charge in [0.2, 0.25) is 0 Å². The van der Waals surface area contributed by atoms with Gasteiger partial charge in [0.05, 0.1) is 5.69 Å². The second kappa shape index (κ2) is 6.15. The third-order valence-electron chi connectivity index (χ3n) is 4.31. The Kier molecular flexibility index (Phi) is 4.75. The molecule has 1 aromatic heterocycles. The van der Waals surface area contributed by atoms with Crippen LogP contribution >= 0.6 is 0 Å². The Morgan fingerprint density at radius 3 is 2.53 bits per heavy atom. The molecule has 0 radical (unpaired) electrons. The van der Waals surface area contributed by atoms with Crippen LogP contribution in [0.25, 0.3) is 0 Å². The summed E-state index contributed by atoms with van der Waals surface area (Å²) < 4.78 is 2.53. The molecule has 0 saturated heterocycles. The van der Waals surface area contributed by atoms with E-state index in [-0.39, 0.29) is 0 Å². The minimum Gasteiger partial charge on any atom is -0.329 e. The standard InChI is InChI=1S/C16H29BN2/c1-11(2)16-18-14-10-13(17)8-6-5-7-9-15(14)19(16)12(3)4/h11-13H,5-10,17H2,1-4H3. The van der Waals surface area contributed by atoms with Crippen LogP contribution in [-0.2, 0) is 12.8 Å². The van der Waals surface area contributed by atoms with Crippen molar-refractivity contribution in [3.8, 4) is 0 Å². The summed E-state index contributed by atoms with van der Waals surface area (Å²) in [7, 11) is 2.39. The molecule has 0 amide bonds. The molecule has 1 aliphatic carbocycles. The smallest absolute Gasteiger partial charge is 0.112 e. The number of hydrogen-bond donors (Lipinski definition) is 0. The van der Waals surface area contributed by atoms with Crippen LogP contribution in [0.2, 0.25) is 5.82 Å². The summed E-state index contributed by atoms with van der Waals surface area (Å²) in [6.07, 6.45) is 7.86. The highest BCUT2D eigenvalue weighted by Gasteiger charge is 2.22. The van der Waals surface area contributed by atoms with Crippen LogP contribution in [0.4, 0.5) is 0 Å². The van der Waals surface area contributed by atoms with E-state index in [4.69, 9.17) is 4.98 Å². The lowest BCUT2D eigenvalue weighted by molar-refractivity contribution is 0.521. The molecule has 1 heterocycles. The van der Waals surface area contributed by atoms with Crippen molar-refractivity contribution in [3.05, 3.63) is 17.2 Å². The molecule has 0 N–H and O–H groups in total. The molecule has 1 aliphatic rings. The van der Waals surface area contributed by atoms with E-state index in [1.807, 2.05) is 0 Å². The number of nitrogens with zero attached hydrogens (tertiary/aromatic N) is 2. The summed E-state index contributed by atoms with van der Waals surface area (Å²) in [5.41, 5.74) is 2.93. The topological polar surface area (TPSA) is 17.8 Å². The van der Waals surface area contributed by atoms with Crippen LogP contribution in [0, 0.1) is 0 Å². The molecule has 0 bridgehead atoms. The van der Waals surface area contributed by atoms with E-state index in [0.717, 1.165) is 5.82 Å². The number of imidazole rings is 1. The normalized spacial score (nSPS) is 21.1. The predicted octanol–water partition coefficient (Wildman–Crippen LogP) is 3.67. The molecule has 0 fully saturated rings. The molecule has 1 aromatic rings. The van der Waals surface area contributed by atoms with E-state index in [1.165, 1.54) is 55.7 Å². The maximum atomic E-state index is 5.03. The third kappa shape index (κ3) is 3.24. The molecule has 1 atom stereocenters. The SMILES string of the molecule is BC1CCCCCc2c(nc(C(C)C)n2C(C)C)C1. The average molecular weight is 260 g/mol. The summed E-state index contributed by atoms with van der Waals surface area (Å²) in [4.78, 5) is 5.03. The Morgan fingerprint density at radius 1 is 1.16 bits per heavy atom. The zero-order valence-corrected chi connectivity index (χ0v) is 13.4. The highest BCUT2D eigenvalue weighted by atomic mass is 15.1. The van der Waals surface area contributed by atoms with E-state index in [2.05, 4.69) is 40.1 Å². The second-order valence-electron chi connectivity index (χ2n) is 6.89. The fourth-order valence-electron chi connectivity index (χ4n) is 3.34. The first-order chi connectivity index (χ1) is 9.00. The summed E-state index contributed by atoms with van der Waals surface area (Å²) in [6, 6.07) is 0.532. The van der Waals surface area contributed by atoms with Gasteiger partial charge in [0.1, 0.15) is 13.7 Å². The number of hydrogen-bond acceptors (Lipinski definition) is 1. The summed E-state index contributed by atoms with van der Waals surface area (Å²) in [6.45, 7) is 9.13. The minimum absolute atomic E-state index is 0.521. The van der Waals surface area contributed by atoms with Gasteiger partial charge < -0.3 is 4.57 Å². The number of fused-ring (bicyclic) bond motifs is 1. The molecule has 0 aromatic carbocycles. The molecule has 1 unspecified atom stereocenters. The Morgan fingerprint density at radius 2 is 1.89 bits per heavy atom. The predicted molar refractivity (Wildman–Crippen MR) is 84.9 cm³/mol. The summed E-state index contributed by atoms with van der Waals surface area (Å²) in [5, 5.41) is 0. The molecule has 0 aliphatic heterocycles. The van der Waals surface area contributed by atoms with Crippen LogP contribution in [0.1, 0.15) is 82.6 Å². The van der Waals surface area contributed by atoms with Crippen molar-refractivity contribution in [2.75, 3.05) is 0 Å². The number of aromatic nitrogens is 2. The Hall–Kier alpha value is -0.725. The quantitative estimate of drug-likeness (QED) is 0.742. The van der Waals surface area contributed by atoms with Crippen LogP contribution in [0.3, 0.4) is 0 Å². The lowest BCUT2D eigenvalue weighted by atomic mass is 9.80. The second-order valence-corrected chi connectivity index (χ2v) is 6.89. The Labute approximate surface area is 119 Å². The summed E-state index contributed by atoms with van der Waals surface area (Å²) in [5.74, 6) is 2.60. The van der Waals surface area contributed by atoms with E-state index in [1.54, 1.807) is 0 Å². The van der Waals surface area contributed by atoms with Gasteiger partial charge in [-0.15, -0.1) is 0 Å². The first kappa shape index (κ1) is 14.7. The summed E-state index contributed by atoms with van der Waals surface area (Å²) >= 11 is 0. The van der Waals surface area contributed by atoms with Crippen molar-refractivity contribution in [1.82, 2.24) is 9.55 Å². The van der Waals surface area contributed by atoms with Crippen molar-refractivity contribution in [3.63, 3.8) is 0 Å². The fraction of sp³-hybridized carbons (Fsp3) is 0.812. The number of rotatable bonds is 2. The maximum absolute atomic E-state index is 5.03. The van der Waals surface area contributed by atoms with Gasteiger partial charge in [-0.3, -0.25) is 0 Å². The van der Waals surface area contributed by atoms with Crippen LogP contribution in [-0.4, -0.2) is 17.4 Å². The first-order valence-corrected chi connectivity index (χ1v) is 8.10. The van der Waals surface area contributed by atoms with Gasteiger partial charge >= 0.3 is 0 Å². The zero-order valence-electron chi connectivity index (χ0n) is 13.4. The van der Waals surface area contributed by atoms with Gasteiger partial charge in [-0.1, -0.05) is 38.9 Å². The van der Waals surface area contributed by atoms with E-state index in [0.29, 0.717) is 12.0 Å². The van der Waals surface area contributed by atoms with Gasteiger partial charge in [-0.25, -0.2) is 4.98 Å². The van der Waals surface area contributed by atoms with E-state index < -0.39 is 0 Å². The third-order valence-corrected chi connectivity index (χ3v) is 4.31. The van der Waals surface area contributed by atoms with Gasteiger partial charge in [-0.05, 0) is 33.1 Å². The molecule has 106 valence electrons. The Balaban J connectivity index is 2.44. The van der Waals surface area contributed by atoms with Crippen LogP contribution in [0.15, 0.2) is 0 Å². The average Bonchev–Trinajstić information content (AvgIpc) is 2.69. The fourth-order valence-corrected chi connectivity index (χ4v) is 3.34. The molecule has 19 heavy (non-hydrogen) atoms. The lowest BCUT2D eigenvalue weighted by Gasteiger charge is -2.18. The van der Waals surface area contributed by atoms with Crippen molar-refractivity contribution in [2.45, 2.75) is 84.0 Å². The molecule has 0 saturated carbocycles. The van der Waals surface area contributed by atoms with Gasteiger partial charge in [0.15, 0.2) is 0 Å². The van der Waals surface area contributed by atoms with Crippen molar-refractivity contribution in [1.29, 1.82) is 0 Å². The molecule has 3 heteroatoms. The minimum atomic E-state index is 0.521. The molecule has 2 rings (SSSR count). The van der Waals surface area contributed by atoms with Crippen molar-refractivity contribution < 1.29 is 0 Å². The van der Waals surface area contributed by atoms with E-state index >= 15 is 0 Å². The largest absolute Gasteiger partial charge is 0.329 e. The molecular weight excluding hydrogens is 231 g/mol. The highest BCUT2D eigenvalue weighted by molar-refractivity contribution is 6.11. The monoisotopic (exact) mass is 260 g/mol. The molecular formula is C16H29BN2. The van der Waals surface area contributed by atoms with Gasteiger partial charge in [0.25, 0.3) is 0 Å². The van der Waals surface area contributed by atoms with Crippen molar-refractivity contribution in [2.24, 2.45) is 0 Å². The maximum Gasteiger partial charge on any atom is 0.112 e. The first-order valence-electron chi connectivity index (χ1n) is 8.10. The van der Waals surface area contributed by atoms with E-state index in [9.17, 15) is 0 Å².